The Kier molecular flexibility index (Phi) is 15.1. The molecule has 1 aromatic carbocycles. The Morgan fingerprint density at radius 1 is 1.07 bits per heavy atom. The fourth-order valence-corrected chi connectivity index (χ4v) is 1.70. The second-order valence-electron chi connectivity index (χ2n) is 2.12. The zero-order valence-corrected chi connectivity index (χ0v) is 9.93. The third kappa shape index (κ3) is 8.61. The summed E-state index contributed by atoms with van der Waals surface area (Å²) in [7, 11) is -0.411. The summed E-state index contributed by atoms with van der Waals surface area (Å²) in [5, 5.41) is 1.38. The summed E-state index contributed by atoms with van der Waals surface area (Å²) in [6.07, 6.45) is 16.0. The van der Waals surface area contributed by atoms with Gasteiger partial charge in [-0.05, 0) is 12.1 Å². The Morgan fingerprint density at radius 3 is 2.00 bits per heavy atom. The highest BCUT2D eigenvalue weighted by Gasteiger charge is 1.88. The molecule has 0 saturated heterocycles. The van der Waals surface area contributed by atoms with E-state index in [-0.39, 0.29) is 0 Å². The van der Waals surface area contributed by atoms with Gasteiger partial charge >= 0.3 is 0 Å². The van der Waals surface area contributed by atoms with Gasteiger partial charge in [0.1, 0.15) is 0 Å². The standard InChI is InChI=1S/C8H12OSi.2C2H2/c1-2-9-10-8-6-4-3-5-7-8;2*1-2/h3-7H,2,10H2,1H3;2*1-2H. The number of benzene rings is 1. The van der Waals surface area contributed by atoms with Crippen molar-refractivity contribution in [2.24, 2.45) is 0 Å². The second kappa shape index (κ2) is 14.1. The molecule has 1 nitrogen and oxygen atoms in total. The summed E-state index contributed by atoms with van der Waals surface area (Å²) in [4.78, 5) is 0. The summed E-state index contributed by atoms with van der Waals surface area (Å²) in [6.45, 7) is 2.89. The molecule has 0 bridgehead atoms. The lowest BCUT2D eigenvalue weighted by molar-refractivity contribution is 0.367. The van der Waals surface area contributed by atoms with E-state index in [4.69, 9.17) is 4.43 Å². The van der Waals surface area contributed by atoms with Crippen LogP contribution in [0.4, 0.5) is 0 Å². The predicted octanol–water partition coefficient (Wildman–Crippen LogP) is 0.931. The summed E-state index contributed by atoms with van der Waals surface area (Å²) < 4.78 is 5.36. The molecule has 0 heterocycles. The van der Waals surface area contributed by atoms with Gasteiger partial charge in [0.15, 0.2) is 9.76 Å². The van der Waals surface area contributed by atoms with Gasteiger partial charge in [-0.15, -0.1) is 25.7 Å². The maximum absolute atomic E-state index is 5.36. The van der Waals surface area contributed by atoms with Gasteiger partial charge in [-0.3, -0.25) is 0 Å². The molecule has 14 heavy (non-hydrogen) atoms. The molecular weight excluding hydrogens is 188 g/mol. The molecule has 0 aliphatic heterocycles. The quantitative estimate of drug-likeness (QED) is 0.526. The van der Waals surface area contributed by atoms with E-state index in [0.717, 1.165) is 6.61 Å². The van der Waals surface area contributed by atoms with Crippen molar-refractivity contribution in [3.05, 3.63) is 30.3 Å². The zero-order valence-electron chi connectivity index (χ0n) is 8.52. The fourth-order valence-electron chi connectivity index (χ4n) is 0.794. The number of hydrogen-bond donors (Lipinski definition) is 0. The average Bonchev–Trinajstić information content (AvgIpc) is 2.33. The molecule has 2 heteroatoms. The minimum Gasteiger partial charge on any atom is -0.419 e. The molecule has 0 saturated carbocycles. The van der Waals surface area contributed by atoms with Crippen LogP contribution in [0.3, 0.4) is 0 Å². The van der Waals surface area contributed by atoms with Gasteiger partial charge in [-0.25, -0.2) is 0 Å². The minimum atomic E-state index is -0.411. The van der Waals surface area contributed by atoms with E-state index in [2.05, 4.69) is 50.0 Å². The Hall–Kier alpha value is -1.48. The van der Waals surface area contributed by atoms with Crippen molar-refractivity contribution in [3.8, 4) is 25.7 Å². The highest BCUT2D eigenvalue weighted by atomic mass is 28.2. The Labute approximate surface area is 89.4 Å². The van der Waals surface area contributed by atoms with Crippen LogP contribution in [0.2, 0.25) is 0 Å². The van der Waals surface area contributed by atoms with E-state index >= 15 is 0 Å². The monoisotopic (exact) mass is 204 g/mol. The summed E-state index contributed by atoms with van der Waals surface area (Å²) in [5.74, 6) is 0. The smallest absolute Gasteiger partial charge is 0.192 e. The molecule has 0 amide bonds. The van der Waals surface area contributed by atoms with Crippen molar-refractivity contribution >= 4 is 14.9 Å². The highest BCUT2D eigenvalue weighted by Crippen LogP contribution is 1.81. The van der Waals surface area contributed by atoms with E-state index in [1.807, 2.05) is 13.0 Å². The maximum atomic E-state index is 5.36. The van der Waals surface area contributed by atoms with E-state index in [1.165, 1.54) is 5.19 Å². The van der Waals surface area contributed by atoms with E-state index in [9.17, 15) is 0 Å². The zero-order chi connectivity index (χ0) is 11.2. The van der Waals surface area contributed by atoms with Crippen molar-refractivity contribution in [1.82, 2.24) is 0 Å². The largest absolute Gasteiger partial charge is 0.419 e. The Morgan fingerprint density at radius 2 is 1.57 bits per heavy atom. The van der Waals surface area contributed by atoms with Gasteiger partial charge in [-0.2, -0.15) is 0 Å². The van der Waals surface area contributed by atoms with Gasteiger partial charge in [0.2, 0.25) is 0 Å². The highest BCUT2D eigenvalue weighted by molar-refractivity contribution is 6.46. The molecule has 0 radical (unpaired) electrons. The lowest BCUT2D eigenvalue weighted by Gasteiger charge is -1.98. The van der Waals surface area contributed by atoms with Crippen LogP contribution in [0.15, 0.2) is 30.3 Å². The number of rotatable bonds is 3. The van der Waals surface area contributed by atoms with Crippen LogP contribution in [0.1, 0.15) is 6.92 Å². The Balaban J connectivity index is 0. The SMILES string of the molecule is C#C.C#C.CCO[SiH2]c1ccccc1. The normalized spacial score (nSPS) is 8.07. The first-order valence-corrected chi connectivity index (χ1v) is 5.50. The van der Waals surface area contributed by atoms with Crippen LogP contribution in [-0.2, 0) is 4.43 Å². The van der Waals surface area contributed by atoms with Gasteiger partial charge in [0, 0.05) is 6.61 Å². The van der Waals surface area contributed by atoms with E-state index in [1.54, 1.807) is 0 Å². The maximum Gasteiger partial charge on any atom is 0.192 e. The third-order valence-corrected chi connectivity index (χ3v) is 2.73. The first-order chi connectivity index (χ1) is 6.93. The molecule has 74 valence electrons. The van der Waals surface area contributed by atoms with Crippen LogP contribution in [0.25, 0.3) is 0 Å². The van der Waals surface area contributed by atoms with Crippen molar-refractivity contribution in [2.75, 3.05) is 6.61 Å². The molecule has 0 aromatic heterocycles. The molecule has 0 fully saturated rings. The van der Waals surface area contributed by atoms with Crippen LogP contribution in [0.5, 0.6) is 0 Å². The van der Waals surface area contributed by atoms with E-state index in [0.29, 0.717) is 0 Å². The van der Waals surface area contributed by atoms with Gasteiger partial charge < -0.3 is 4.43 Å². The van der Waals surface area contributed by atoms with Gasteiger partial charge in [0.25, 0.3) is 0 Å². The van der Waals surface area contributed by atoms with E-state index < -0.39 is 9.76 Å². The molecule has 0 atom stereocenters. The summed E-state index contributed by atoms with van der Waals surface area (Å²) >= 11 is 0. The molecule has 1 rings (SSSR count). The van der Waals surface area contributed by atoms with Crippen LogP contribution >= 0.6 is 0 Å². The lowest BCUT2D eigenvalue weighted by atomic mass is 10.4. The molecule has 0 N–H and O–H groups in total. The fraction of sp³-hybridized carbons (Fsp3) is 0.167. The van der Waals surface area contributed by atoms with Gasteiger partial charge in [-0.1, -0.05) is 30.3 Å². The second-order valence-corrected chi connectivity index (χ2v) is 3.64. The molecule has 0 aliphatic carbocycles. The number of hydrogen-bond acceptors (Lipinski definition) is 1. The van der Waals surface area contributed by atoms with Crippen molar-refractivity contribution in [3.63, 3.8) is 0 Å². The molecule has 0 aliphatic rings. The molecular formula is C12H16OSi. The van der Waals surface area contributed by atoms with Crippen LogP contribution in [0, 0.1) is 25.7 Å². The minimum absolute atomic E-state index is 0.411. The van der Waals surface area contributed by atoms with Crippen LogP contribution < -0.4 is 5.19 Å². The van der Waals surface area contributed by atoms with Crippen LogP contribution in [-0.4, -0.2) is 16.4 Å². The predicted molar refractivity (Wildman–Crippen MR) is 66.0 cm³/mol. The summed E-state index contributed by atoms with van der Waals surface area (Å²) in [6, 6.07) is 10.4. The van der Waals surface area contributed by atoms with Crippen molar-refractivity contribution < 1.29 is 4.43 Å². The molecule has 1 aromatic rings. The molecule has 0 spiro atoms. The third-order valence-electron chi connectivity index (χ3n) is 1.32. The average molecular weight is 204 g/mol. The topological polar surface area (TPSA) is 9.23 Å². The Bertz CT molecular complexity index is 232. The first-order valence-electron chi connectivity index (χ1n) is 4.22. The lowest BCUT2D eigenvalue weighted by Crippen LogP contribution is -2.16. The van der Waals surface area contributed by atoms with Crippen molar-refractivity contribution in [1.29, 1.82) is 0 Å². The van der Waals surface area contributed by atoms with Gasteiger partial charge in [0.05, 0.1) is 0 Å². The first kappa shape index (κ1) is 15.0. The summed E-state index contributed by atoms with van der Waals surface area (Å²) in [5.41, 5.74) is 0. The number of terminal acetylenes is 2. The molecule has 0 unspecified atom stereocenters. The van der Waals surface area contributed by atoms with Crippen molar-refractivity contribution in [2.45, 2.75) is 6.92 Å².